The van der Waals surface area contributed by atoms with E-state index in [2.05, 4.69) is 9.88 Å². The molecule has 0 unspecified atom stereocenters. The molecule has 1 fully saturated rings. The highest BCUT2D eigenvalue weighted by Crippen LogP contribution is 2.26. The maximum atomic E-state index is 6.05. The van der Waals surface area contributed by atoms with Crippen LogP contribution in [0, 0.1) is 0 Å². The SMILES string of the molecule is CC(C)(C)Oc1cc(N2CCOCC2)cc(Cl)n1. The highest BCUT2D eigenvalue weighted by atomic mass is 35.5. The molecule has 1 aliphatic rings. The van der Waals surface area contributed by atoms with Gasteiger partial charge in [-0.25, -0.2) is 4.98 Å². The van der Waals surface area contributed by atoms with Gasteiger partial charge in [0.05, 0.1) is 13.2 Å². The molecule has 0 bridgehead atoms. The zero-order chi connectivity index (χ0) is 13.2. The maximum Gasteiger partial charge on any atom is 0.217 e. The van der Waals surface area contributed by atoms with E-state index in [9.17, 15) is 0 Å². The van der Waals surface area contributed by atoms with Crippen molar-refractivity contribution in [3.63, 3.8) is 0 Å². The minimum absolute atomic E-state index is 0.278. The average molecular weight is 271 g/mol. The number of halogens is 1. The first-order chi connectivity index (χ1) is 8.44. The lowest BCUT2D eigenvalue weighted by Gasteiger charge is -2.29. The molecule has 1 aromatic rings. The minimum atomic E-state index is -0.278. The summed E-state index contributed by atoms with van der Waals surface area (Å²) in [4.78, 5) is 6.43. The number of hydrogen-bond donors (Lipinski definition) is 0. The number of anilines is 1. The molecule has 0 saturated carbocycles. The Kier molecular flexibility index (Phi) is 3.97. The van der Waals surface area contributed by atoms with Gasteiger partial charge in [-0.05, 0) is 26.8 Å². The molecule has 0 aromatic carbocycles. The Balaban J connectivity index is 2.20. The lowest BCUT2D eigenvalue weighted by atomic mass is 10.2. The number of aromatic nitrogens is 1. The predicted octanol–water partition coefficient (Wildman–Crippen LogP) is 2.75. The first-order valence-corrected chi connectivity index (χ1v) is 6.51. The molecule has 0 amide bonds. The second kappa shape index (κ2) is 5.33. The van der Waals surface area contributed by atoms with Crippen LogP contribution in [0.2, 0.25) is 5.15 Å². The second-order valence-electron chi connectivity index (χ2n) is 5.30. The molecule has 100 valence electrons. The first kappa shape index (κ1) is 13.4. The van der Waals surface area contributed by atoms with Crippen LogP contribution in [0.25, 0.3) is 0 Å². The van der Waals surface area contributed by atoms with Gasteiger partial charge in [-0.3, -0.25) is 0 Å². The number of nitrogens with zero attached hydrogens (tertiary/aromatic N) is 2. The summed E-state index contributed by atoms with van der Waals surface area (Å²) in [7, 11) is 0. The third kappa shape index (κ3) is 3.75. The van der Waals surface area contributed by atoms with Crippen LogP contribution in [0.5, 0.6) is 5.88 Å². The van der Waals surface area contributed by atoms with E-state index < -0.39 is 0 Å². The quantitative estimate of drug-likeness (QED) is 0.774. The molecule has 1 aliphatic heterocycles. The number of ether oxygens (including phenoxy) is 2. The summed E-state index contributed by atoms with van der Waals surface area (Å²) in [5, 5.41) is 0.457. The summed E-state index contributed by atoms with van der Waals surface area (Å²) in [6.07, 6.45) is 0. The monoisotopic (exact) mass is 270 g/mol. The molecule has 0 N–H and O–H groups in total. The zero-order valence-electron chi connectivity index (χ0n) is 11.1. The Morgan fingerprint density at radius 3 is 2.56 bits per heavy atom. The smallest absolute Gasteiger partial charge is 0.217 e. The van der Waals surface area contributed by atoms with Gasteiger partial charge in [-0.1, -0.05) is 11.6 Å². The fourth-order valence-corrected chi connectivity index (χ4v) is 2.03. The molecule has 0 aliphatic carbocycles. The van der Waals surface area contributed by atoms with Gasteiger partial charge in [0.15, 0.2) is 0 Å². The standard InChI is InChI=1S/C13H19ClN2O2/c1-13(2,3)18-12-9-10(8-11(14)15-12)16-4-6-17-7-5-16/h8-9H,4-7H2,1-3H3. The molecule has 18 heavy (non-hydrogen) atoms. The van der Waals surface area contributed by atoms with Crippen LogP contribution in [0.3, 0.4) is 0 Å². The van der Waals surface area contributed by atoms with Crippen LogP contribution in [-0.2, 0) is 4.74 Å². The van der Waals surface area contributed by atoms with Crippen LogP contribution in [0.1, 0.15) is 20.8 Å². The van der Waals surface area contributed by atoms with Gasteiger partial charge in [0.25, 0.3) is 0 Å². The molecule has 0 radical (unpaired) electrons. The van der Waals surface area contributed by atoms with Gasteiger partial charge < -0.3 is 14.4 Å². The number of rotatable bonds is 2. The Bertz CT molecular complexity index is 412. The molecule has 1 aromatic heterocycles. The van der Waals surface area contributed by atoms with Gasteiger partial charge >= 0.3 is 0 Å². The van der Waals surface area contributed by atoms with Gasteiger partial charge in [-0.2, -0.15) is 0 Å². The lowest BCUT2D eigenvalue weighted by Crippen LogP contribution is -2.36. The zero-order valence-corrected chi connectivity index (χ0v) is 11.8. The van der Waals surface area contributed by atoms with E-state index in [1.165, 1.54) is 0 Å². The van der Waals surface area contributed by atoms with E-state index in [1.807, 2.05) is 32.9 Å². The van der Waals surface area contributed by atoms with E-state index in [0.717, 1.165) is 32.0 Å². The fraction of sp³-hybridized carbons (Fsp3) is 0.615. The Hall–Kier alpha value is -1.00. The molecule has 5 heteroatoms. The molecule has 0 spiro atoms. The summed E-state index contributed by atoms with van der Waals surface area (Å²) < 4.78 is 11.1. The largest absolute Gasteiger partial charge is 0.472 e. The molecule has 4 nitrogen and oxygen atoms in total. The van der Waals surface area contributed by atoms with Crippen LogP contribution in [0.15, 0.2) is 12.1 Å². The van der Waals surface area contributed by atoms with E-state index in [0.29, 0.717) is 11.0 Å². The van der Waals surface area contributed by atoms with Crippen LogP contribution < -0.4 is 9.64 Å². The number of morpholine rings is 1. The van der Waals surface area contributed by atoms with Crippen molar-refractivity contribution in [1.82, 2.24) is 4.98 Å². The predicted molar refractivity (Wildman–Crippen MR) is 72.7 cm³/mol. The van der Waals surface area contributed by atoms with Crippen molar-refractivity contribution in [2.75, 3.05) is 31.2 Å². The van der Waals surface area contributed by atoms with Crippen molar-refractivity contribution < 1.29 is 9.47 Å². The molecule has 2 heterocycles. The molecule has 0 atom stereocenters. The van der Waals surface area contributed by atoms with Crippen LogP contribution in [-0.4, -0.2) is 36.9 Å². The van der Waals surface area contributed by atoms with Gasteiger partial charge in [0, 0.05) is 24.8 Å². The third-order valence-corrected chi connectivity index (χ3v) is 2.74. The van der Waals surface area contributed by atoms with Crippen molar-refractivity contribution in [2.24, 2.45) is 0 Å². The summed E-state index contributed by atoms with van der Waals surface area (Å²) in [6.45, 7) is 9.20. The summed E-state index contributed by atoms with van der Waals surface area (Å²) in [5.74, 6) is 0.566. The summed E-state index contributed by atoms with van der Waals surface area (Å²) in [5.41, 5.74) is 0.762. The maximum absolute atomic E-state index is 6.05. The van der Waals surface area contributed by atoms with E-state index in [4.69, 9.17) is 21.1 Å². The lowest BCUT2D eigenvalue weighted by molar-refractivity contribution is 0.120. The normalized spacial score (nSPS) is 16.8. The van der Waals surface area contributed by atoms with E-state index >= 15 is 0 Å². The highest BCUT2D eigenvalue weighted by molar-refractivity contribution is 6.29. The third-order valence-electron chi connectivity index (χ3n) is 2.54. The van der Waals surface area contributed by atoms with Crippen LogP contribution >= 0.6 is 11.6 Å². The summed E-state index contributed by atoms with van der Waals surface area (Å²) in [6, 6.07) is 3.80. The van der Waals surface area contributed by atoms with Crippen molar-refractivity contribution in [3.05, 3.63) is 17.3 Å². The first-order valence-electron chi connectivity index (χ1n) is 6.13. The molecular formula is C13H19ClN2O2. The Morgan fingerprint density at radius 1 is 1.28 bits per heavy atom. The molecule has 1 saturated heterocycles. The average Bonchev–Trinajstić information content (AvgIpc) is 2.27. The van der Waals surface area contributed by atoms with Crippen LogP contribution in [0.4, 0.5) is 5.69 Å². The van der Waals surface area contributed by atoms with Crippen molar-refractivity contribution in [2.45, 2.75) is 26.4 Å². The Morgan fingerprint density at radius 2 is 1.94 bits per heavy atom. The van der Waals surface area contributed by atoms with Gasteiger partial charge in [0.2, 0.25) is 5.88 Å². The summed E-state index contributed by atoms with van der Waals surface area (Å²) >= 11 is 6.05. The van der Waals surface area contributed by atoms with Crippen molar-refractivity contribution >= 4 is 17.3 Å². The highest BCUT2D eigenvalue weighted by Gasteiger charge is 2.17. The fourth-order valence-electron chi connectivity index (χ4n) is 1.83. The topological polar surface area (TPSA) is 34.6 Å². The molecular weight excluding hydrogens is 252 g/mol. The molecule has 2 rings (SSSR count). The van der Waals surface area contributed by atoms with E-state index in [-0.39, 0.29) is 5.60 Å². The van der Waals surface area contributed by atoms with Crippen molar-refractivity contribution in [1.29, 1.82) is 0 Å². The van der Waals surface area contributed by atoms with Gasteiger partial charge in [-0.15, -0.1) is 0 Å². The van der Waals surface area contributed by atoms with E-state index in [1.54, 1.807) is 0 Å². The number of pyridine rings is 1. The Labute approximate surface area is 113 Å². The van der Waals surface area contributed by atoms with Crippen molar-refractivity contribution in [3.8, 4) is 5.88 Å². The second-order valence-corrected chi connectivity index (χ2v) is 5.69. The van der Waals surface area contributed by atoms with Gasteiger partial charge in [0.1, 0.15) is 10.8 Å². The minimum Gasteiger partial charge on any atom is -0.472 e. The number of hydrogen-bond acceptors (Lipinski definition) is 4.